The van der Waals surface area contributed by atoms with Crippen LogP contribution in [0.15, 0.2) is 0 Å². The number of amides is 2. The topological polar surface area (TPSA) is 60.9 Å². The number of urea groups is 1. The lowest BCUT2D eigenvalue weighted by Crippen LogP contribution is -2.52. The predicted molar refractivity (Wildman–Crippen MR) is 70.6 cm³/mol. The fourth-order valence-corrected chi connectivity index (χ4v) is 3.94. The molecular formula is C12H20N2O3S. The molecule has 6 heteroatoms. The van der Waals surface area contributed by atoms with E-state index in [9.17, 15) is 9.59 Å². The molecule has 0 aromatic carbocycles. The molecule has 2 fully saturated rings. The highest BCUT2D eigenvalue weighted by Gasteiger charge is 2.41. The van der Waals surface area contributed by atoms with Gasteiger partial charge in [0.2, 0.25) is 0 Å². The van der Waals surface area contributed by atoms with Gasteiger partial charge in [-0.15, -0.1) is 11.8 Å². The first-order chi connectivity index (χ1) is 8.56. The Morgan fingerprint density at radius 1 is 1.39 bits per heavy atom. The number of hydrogen-bond acceptors (Lipinski definition) is 3. The summed E-state index contributed by atoms with van der Waals surface area (Å²) < 4.78 is 0. The van der Waals surface area contributed by atoms with Gasteiger partial charge in [-0.1, -0.05) is 6.92 Å². The van der Waals surface area contributed by atoms with Crippen LogP contribution in [0.3, 0.4) is 0 Å². The number of likely N-dealkylation sites (tertiary alicyclic amines) is 1. The predicted octanol–water partition coefficient (Wildman–Crippen LogP) is 1.83. The van der Waals surface area contributed by atoms with E-state index in [2.05, 4.69) is 6.92 Å². The van der Waals surface area contributed by atoms with Gasteiger partial charge in [-0.2, -0.15) is 0 Å². The molecule has 0 bridgehead atoms. The van der Waals surface area contributed by atoms with Crippen molar-refractivity contribution in [2.24, 2.45) is 0 Å². The summed E-state index contributed by atoms with van der Waals surface area (Å²) >= 11 is 1.51. The van der Waals surface area contributed by atoms with E-state index in [4.69, 9.17) is 5.11 Å². The maximum atomic E-state index is 12.5. The Hall–Kier alpha value is -0.910. The molecular weight excluding hydrogens is 252 g/mol. The average Bonchev–Trinajstić information content (AvgIpc) is 2.94. The summed E-state index contributed by atoms with van der Waals surface area (Å²) in [5.41, 5.74) is 0. The standard InChI is InChI=1S/C12H20N2O3S/c1-3-9-5-4-8(2)14(9)12(17)13-7-18-6-10(13)11(15)16/h8-10H,3-7H2,1-2H3,(H,15,16)/t8?,9?,10-/m0/s1. The maximum Gasteiger partial charge on any atom is 0.327 e. The molecule has 0 aromatic heterocycles. The summed E-state index contributed by atoms with van der Waals surface area (Å²) in [6, 6.07) is -0.257. The largest absolute Gasteiger partial charge is 0.480 e. The van der Waals surface area contributed by atoms with Crippen molar-refractivity contribution in [2.75, 3.05) is 11.6 Å². The van der Waals surface area contributed by atoms with Crippen molar-refractivity contribution in [3.8, 4) is 0 Å². The van der Waals surface area contributed by atoms with Crippen LogP contribution in [0.2, 0.25) is 0 Å². The van der Waals surface area contributed by atoms with Crippen LogP contribution in [0.4, 0.5) is 4.79 Å². The van der Waals surface area contributed by atoms with Crippen LogP contribution in [0.5, 0.6) is 0 Å². The van der Waals surface area contributed by atoms with Crippen molar-refractivity contribution >= 4 is 23.8 Å². The lowest BCUT2D eigenvalue weighted by molar-refractivity contribution is -0.141. The van der Waals surface area contributed by atoms with Crippen LogP contribution < -0.4 is 0 Å². The monoisotopic (exact) mass is 272 g/mol. The fraction of sp³-hybridized carbons (Fsp3) is 0.833. The number of thioether (sulfide) groups is 1. The van der Waals surface area contributed by atoms with Gasteiger partial charge in [-0.05, 0) is 26.2 Å². The zero-order valence-electron chi connectivity index (χ0n) is 10.8. The van der Waals surface area contributed by atoms with Crippen LogP contribution in [0.1, 0.15) is 33.1 Å². The number of carbonyl (C=O) groups is 2. The van der Waals surface area contributed by atoms with Crippen molar-refractivity contribution in [1.82, 2.24) is 9.80 Å². The number of carbonyl (C=O) groups excluding carboxylic acids is 1. The van der Waals surface area contributed by atoms with E-state index < -0.39 is 12.0 Å². The van der Waals surface area contributed by atoms with Gasteiger partial charge < -0.3 is 14.9 Å². The Kier molecular flexibility index (Phi) is 4.04. The first-order valence-electron chi connectivity index (χ1n) is 6.45. The minimum atomic E-state index is -0.895. The second kappa shape index (κ2) is 5.38. The minimum absolute atomic E-state index is 0.0933. The minimum Gasteiger partial charge on any atom is -0.480 e. The fourth-order valence-electron chi connectivity index (χ4n) is 2.80. The van der Waals surface area contributed by atoms with Crippen molar-refractivity contribution in [3.05, 3.63) is 0 Å². The third kappa shape index (κ3) is 2.30. The number of hydrogen-bond donors (Lipinski definition) is 1. The number of nitrogens with zero attached hydrogens (tertiary/aromatic N) is 2. The normalized spacial score (nSPS) is 32.0. The molecule has 2 rings (SSSR count). The highest BCUT2D eigenvalue weighted by Crippen LogP contribution is 2.30. The molecule has 2 aliphatic heterocycles. The number of carboxylic acid groups (broad SMARTS) is 1. The second-order valence-corrected chi connectivity index (χ2v) is 6.00. The number of carboxylic acids is 1. The molecule has 2 amide bonds. The molecule has 18 heavy (non-hydrogen) atoms. The summed E-state index contributed by atoms with van der Waals surface area (Å²) in [5.74, 6) is 0.100. The first-order valence-corrected chi connectivity index (χ1v) is 7.61. The van der Waals surface area contributed by atoms with E-state index in [0.717, 1.165) is 19.3 Å². The SMILES string of the molecule is CCC1CCC(C)N1C(=O)N1CSC[C@H]1C(=O)O. The van der Waals surface area contributed by atoms with E-state index >= 15 is 0 Å². The van der Waals surface area contributed by atoms with Crippen LogP contribution in [0.25, 0.3) is 0 Å². The first kappa shape index (κ1) is 13.5. The molecule has 0 spiro atoms. The van der Waals surface area contributed by atoms with E-state index in [-0.39, 0.29) is 18.1 Å². The molecule has 1 N–H and O–H groups in total. The smallest absolute Gasteiger partial charge is 0.327 e. The number of aliphatic carboxylic acids is 1. The summed E-state index contributed by atoms with van der Waals surface area (Å²) in [6.45, 7) is 4.13. The number of rotatable bonds is 2. The van der Waals surface area contributed by atoms with Gasteiger partial charge in [-0.3, -0.25) is 0 Å². The molecule has 2 unspecified atom stereocenters. The van der Waals surface area contributed by atoms with E-state index in [1.54, 1.807) is 0 Å². The molecule has 3 atom stereocenters. The Bertz CT molecular complexity index is 350. The van der Waals surface area contributed by atoms with Crippen molar-refractivity contribution in [3.63, 3.8) is 0 Å². The van der Waals surface area contributed by atoms with Gasteiger partial charge in [0.25, 0.3) is 0 Å². The van der Waals surface area contributed by atoms with Crippen molar-refractivity contribution in [2.45, 2.75) is 51.2 Å². The van der Waals surface area contributed by atoms with Crippen LogP contribution >= 0.6 is 11.8 Å². The third-order valence-corrected chi connectivity index (χ3v) is 4.90. The summed E-state index contributed by atoms with van der Waals surface area (Å²) in [7, 11) is 0. The zero-order chi connectivity index (χ0) is 13.3. The Labute approximate surface area is 112 Å². The molecule has 0 aromatic rings. The van der Waals surface area contributed by atoms with Gasteiger partial charge >= 0.3 is 12.0 Å². The summed E-state index contributed by atoms with van der Waals surface area (Å²) in [5, 5.41) is 9.14. The molecule has 102 valence electrons. The van der Waals surface area contributed by atoms with E-state index in [0.29, 0.717) is 11.6 Å². The highest BCUT2D eigenvalue weighted by molar-refractivity contribution is 7.99. The summed E-state index contributed by atoms with van der Waals surface area (Å²) in [4.78, 5) is 27.1. The lowest BCUT2D eigenvalue weighted by Gasteiger charge is -2.33. The molecule has 2 saturated heterocycles. The van der Waals surface area contributed by atoms with Crippen molar-refractivity contribution < 1.29 is 14.7 Å². The average molecular weight is 272 g/mol. The van der Waals surface area contributed by atoms with Crippen LogP contribution in [-0.4, -0.2) is 56.7 Å². The van der Waals surface area contributed by atoms with Gasteiger partial charge in [0.1, 0.15) is 6.04 Å². The quantitative estimate of drug-likeness (QED) is 0.833. The van der Waals surface area contributed by atoms with Crippen molar-refractivity contribution in [1.29, 1.82) is 0 Å². The van der Waals surface area contributed by atoms with Gasteiger partial charge in [0, 0.05) is 17.8 Å². The maximum absolute atomic E-state index is 12.5. The Morgan fingerprint density at radius 3 is 2.72 bits per heavy atom. The van der Waals surface area contributed by atoms with Crippen LogP contribution in [0, 0.1) is 0 Å². The molecule has 2 aliphatic rings. The Balaban J connectivity index is 2.12. The van der Waals surface area contributed by atoms with Gasteiger partial charge in [0.05, 0.1) is 5.88 Å². The lowest BCUT2D eigenvalue weighted by atomic mass is 10.1. The zero-order valence-corrected chi connectivity index (χ0v) is 11.7. The highest BCUT2D eigenvalue weighted by atomic mass is 32.2. The molecule has 0 radical (unpaired) electrons. The molecule has 0 saturated carbocycles. The molecule has 5 nitrogen and oxygen atoms in total. The second-order valence-electron chi connectivity index (χ2n) is 5.00. The van der Waals surface area contributed by atoms with Crippen LogP contribution in [-0.2, 0) is 4.79 Å². The summed E-state index contributed by atoms with van der Waals surface area (Å²) in [6.07, 6.45) is 2.99. The molecule has 0 aliphatic carbocycles. The third-order valence-electron chi connectivity index (χ3n) is 3.89. The molecule has 2 heterocycles. The van der Waals surface area contributed by atoms with Gasteiger partial charge in [-0.25, -0.2) is 9.59 Å². The van der Waals surface area contributed by atoms with Gasteiger partial charge in [0.15, 0.2) is 0 Å². The van der Waals surface area contributed by atoms with E-state index in [1.165, 1.54) is 16.7 Å². The van der Waals surface area contributed by atoms with E-state index in [1.807, 2.05) is 11.8 Å². The Morgan fingerprint density at radius 2 is 2.11 bits per heavy atom.